The molecule has 1 aliphatic rings. The van der Waals surface area contributed by atoms with E-state index >= 15 is 0 Å². The van der Waals surface area contributed by atoms with Crippen LogP contribution in [0.15, 0.2) is 46.1 Å². The standard InChI is InChI=1S/C20H19ClN4O2S3/c21-15-7-5-13(6-8-15)18(27)25-9-1-3-14(11-25)17(26)22-19-23-24-20(30-19)29-12-16-4-2-10-28-16/h2,4-8,10,14H,1,3,9,11-12H2,(H,22,23,26). The van der Waals surface area contributed by atoms with Crippen molar-refractivity contribution in [2.45, 2.75) is 22.9 Å². The highest BCUT2D eigenvalue weighted by Gasteiger charge is 2.29. The number of anilines is 1. The molecule has 1 unspecified atom stereocenters. The summed E-state index contributed by atoms with van der Waals surface area (Å²) in [5, 5.41) is 14.2. The second kappa shape index (κ2) is 9.91. The molecular formula is C20H19ClN4O2S3. The highest BCUT2D eigenvalue weighted by Crippen LogP contribution is 2.30. The third-order valence-electron chi connectivity index (χ3n) is 4.73. The Morgan fingerprint density at radius 3 is 2.83 bits per heavy atom. The van der Waals surface area contributed by atoms with Gasteiger partial charge in [0.05, 0.1) is 5.92 Å². The summed E-state index contributed by atoms with van der Waals surface area (Å²) in [6.07, 6.45) is 1.53. The molecule has 156 valence electrons. The van der Waals surface area contributed by atoms with Crippen LogP contribution in [0.1, 0.15) is 28.1 Å². The second-order valence-electron chi connectivity index (χ2n) is 6.83. The number of thioether (sulfide) groups is 1. The molecule has 3 aromatic rings. The van der Waals surface area contributed by atoms with E-state index in [-0.39, 0.29) is 17.7 Å². The number of hydrogen-bond acceptors (Lipinski definition) is 7. The molecule has 3 heterocycles. The minimum absolute atomic E-state index is 0.0765. The monoisotopic (exact) mass is 478 g/mol. The Bertz CT molecular complexity index is 1010. The van der Waals surface area contributed by atoms with Gasteiger partial charge >= 0.3 is 0 Å². The van der Waals surface area contributed by atoms with Crippen molar-refractivity contribution >= 4 is 63.0 Å². The van der Waals surface area contributed by atoms with Gasteiger partial charge in [0.1, 0.15) is 0 Å². The molecule has 1 fully saturated rings. The van der Waals surface area contributed by atoms with E-state index in [9.17, 15) is 9.59 Å². The number of nitrogens with one attached hydrogen (secondary N) is 1. The molecule has 0 spiro atoms. The Kier molecular flexibility index (Phi) is 7.04. The normalized spacial score (nSPS) is 16.4. The van der Waals surface area contributed by atoms with Crippen molar-refractivity contribution in [1.82, 2.24) is 15.1 Å². The molecule has 0 bridgehead atoms. The predicted octanol–water partition coefficient (Wildman–Crippen LogP) is 5.04. The van der Waals surface area contributed by atoms with E-state index in [1.807, 2.05) is 11.4 Å². The van der Waals surface area contributed by atoms with Crippen LogP contribution in [-0.4, -0.2) is 40.0 Å². The molecule has 2 aromatic heterocycles. The summed E-state index contributed by atoms with van der Waals surface area (Å²) in [7, 11) is 0. The molecule has 10 heteroatoms. The van der Waals surface area contributed by atoms with E-state index in [0.29, 0.717) is 28.8 Å². The van der Waals surface area contributed by atoms with E-state index in [4.69, 9.17) is 11.6 Å². The topological polar surface area (TPSA) is 75.2 Å². The third-order valence-corrected chi connectivity index (χ3v) is 8.06. The number of piperidine rings is 1. The van der Waals surface area contributed by atoms with E-state index in [2.05, 4.69) is 21.6 Å². The van der Waals surface area contributed by atoms with Gasteiger partial charge in [-0.2, -0.15) is 0 Å². The Labute approximate surface area is 191 Å². The SMILES string of the molecule is O=C(Nc1nnc(SCc2cccs2)s1)C1CCCN(C(=O)c2ccc(Cl)cc2)C1. The molecule has 1 atom stereocenters. The van der Waals surface area contributed by atoms with E-state index in [0.717, 1.165) is 22.9 Å². The summed E-state index contributed by atoms with van der Waals surface area (Å²) in [4.78, 5) is 28.5. The molecule has 6 nitrogen and oxygen atoms in total. The third kappa shape index (κ3) is 5.40. The van der Waals surface area contributed by atoms with Crippen LogP contribution in [0.3, 0.4) is 0 Å². The molecular weight excluding hydrogens is 460 g/mol. The summed E-state index contributed by atoms with van der Waals surface area (Å²) >= 11 is 10.6. The van der Waals surface area contributed by atoms with Crippen molar-refractivity contribution in [2.75, 3.05) is 18.4 Å². The van der Waals surface area contributed by atoms with Crippen molar-refractivity contribution in [2.24, 2.45) is 5.92 Å². The lowest BCUT2D eigenvalue weighted by Gasteiger charge is -2.32. The fourth-order valence-electron chi connectivity index (χ4n) is 3.20. The van der Waals surface area contributed by atoms with E-state index < -0.39 is 0 Å². The lowest BCUT2D eigenvalue weighted by atomic mass is 9.96. The zero-order valence-electron chi connectivity index (χ0n) is 15.9. The van der Waals surface area contributed by atoms with Gasteiger partial charge in [-0.25, -0.2) is 0 Å². The van der Waals surface area contributed by atoms with Crippen LogP contribution in [-0.2, 0) is 10.5 Å². The molecule has 0 aliphatic carbocycles. The number of amides is 2. The van der Waals surface area contributed by atoms with Gasteiger partial charge in [0.2, 0.25) is 11.0 Å². The zero-order chi connectivity index (χ0) is 20.9. The molecule has 1 aliphatic heterocycles. The molecule has 0 radical (unpaired) electrons. The van der Waals surface area contributed by atoms with Crippen LogP contribution < -0.4 is 5.32 Å². The van der Waals surface area contributed by atoms with Crippen molar-refractivity contribution < 1.29 is 9.59 Å². The molecule has 4 rings (SSSR count). The van der Waals surface area contributed by atoms with Crippen LogP contribution in [0.2, 0.25) is 5.02 Å². The molecule has 0 saturated carbocycles. The Morgan fingerprint density at radius 2 is 2.07 bits per heavy atom. The first kappa shape index (κ1) is 21.3. The average Bonchev–Trinajstić information content (AvgIpc) is 3.44. The maximum atomic E-state index is 12.7. The number of likely N-dealkylation sites (tertiary alicyclic amines) is 1. The number of carbonyl (C=O) groups is 2. The number of hydrogen-bond donors (Lipinski definition) is 1. The maximum Gasteiger partial charge on any atom is 0.253 e. The van der Waals surface area contributed by atoms with Crippen LogP contribution in [0.4, 0.5) is 5.13 Å². The summed E-state index contributed by atoms with van der Waals surface area (Å²) < 4.78 is 0.821. The van der Waals surface area contributed by atoms with Crippen molar-refractivity contribution in [3.8, 4) is 0 Å². The smallest absolute Gasteiger partial charge is 0.253 e. The number of thiophene rings is 1. The minimum Gasteiger partial charge on any atom is -0.338 e. The van der Waals surface area contributed by atoms with Crippen LogP contribution >= 0.6 is 46.0 Å². The molecule has 1 saturated heterocycles. The number of benzene rings is 1. The van der Waals surface area contributed by atoms with Crippen molar-refractivity contribution in [1.29, 1.82) is 0 Å². The van der Waals surface area contributed by atoms with E-state index in [1.165, 1.54) is 16.2 Å². The lowest BCUT2D eigenvalue weighted by Crippen LogP contribution is -2.43. The fraction of sp³-hybridized carbons (Fsp3) is 0.300. The number of carbonyl (C=O) groups excluding carboxylic acids is 2. The maximum absolute atomic E-state index is 12.7. The van der Waals surface area contributed by atoms with Gasteiger partial charge in [-0.05, 0) is 48.6 Å². The van der Waals surface area contributed by atoms with Crippen LogP contribution in [0.25, 0.3) is 0 Å². The highest BCUT2D eigenvalue weighted by molar-refractivity contribution is 8.00. The number of nitrogens with zero attached hydrogens (tertiary/aromatic N) is 3. The summed E-state index contributed by atoms with van der Waals surface area (Å²) in [5.41, 5.74) is 0.581. The average molecular weight is 479 g/mol. The molecule has 1 aromatic carbocycles. The van der Waals surface area contributed by atoms with Gasteiger partial charge < -0.3 is 10.2 Å². The molecule has 1 N–H and O–H groups in total. The van der Waals surface area contributed by atoms with E-state index in [1.54, 1.807) is 52.3 Å². The molecule has 2 amide bonds. The Morgan fingerprint density at radius 1 is 1.23 bits per heavy atom. The lowest BCUT2D eigenvalue weighted by molar-refractivity contribution is -0.121. The fourth-order valence-corrected chi connectivity index (χ4v) is 5.86. The van der Waals surface area contributed by atoms with Crippen molar-refractivity contribution in [3.05, 3.63) is 57.2 Å². The van der Waals surface area contributed by atoms with Gasteiger partial charge in [0, 0.05) is 34.3 Å². The van der Waals surface area contributed by atoms with Gasteiger partial charge in [0.15, 0.2) is 4.34 Å². The van der Waals surface area contributed by atoms with Crippen molar-refractivity contribution in [3.63, 3.8) is 0 Å². The van der Waals surface area contributed by atoms with Gasteiger partial charge in [-0.3, -0.25) is 9.59 Å². The van der Waals surface area contributed by atoms with Gasteiger partial charge in [-0.15, -0.1) is 21.5 Å². The first-order valence-electron chi connectivity index (χ1n) is 9.43. The zero-order valence-corrected chi connectivity index (χ0v) is 19.1. The van der Waals surface area contributed by atoms with Gasteiger partial charge in [0.25, 0.3) is 5.91 Å². The largest absolute Gasteiger partial charge is 0.338 e. The summed E-state index contributed by atoms with van der Waals surface area (Å²) in [5.74, 6) is 0.382. The summed E-state index contributed by atoms with van der Waals surface area (Å²) in [6, 6.07) is 10.9. The quantitative estimate of drug-likeness (QED) is 0.397. The summed E-state index contributed by atoms with van der Waals surface area (Å²) in [6.45, 7) is 1.04. The Hall–Kier alpha value is -1.94. The first-order chi connectivity index (χ1) is 14.6. The highest BCUT2D eigenvalue weighted by atomic mass is 35.5. The number of halogens is 1. The van der Waals surface area contributed by atoms with Crippen LogP contribution in [0.5, 0.6) is 0 Å². The van der Waals surface area contributed by atoms with Crippen LogP contribution in [0, 0.1) is 5.92 Å². The predicted molar refractivity (Wildman–Crippen MR) is 122 cm³/mol. The molecule has 30 heavy (non-hydrogen) atoms. The Balaban J connectivity index is 1.32. The minimum atomic E-state index is -0.263. The number of rotatable bonds is 6. The second-order valence-corrected chi connectivity index (χ2v) is 10.5. The van der Waals surface area contributed by atoms with Gasteiger partial charge in [-0.1, -0.05) is 40.8 Å². The number of aromatic nitrogens is 2. The first-order valence-corrected chi connectivity index (χ1v) is 12.5.